The molecular formula is C18H22N2O3. The van der Waals surface area contributed by atoms with Crippen LogP contribution in [0.1, 0.15) is 41.0 Å². The summed E-state index contributed by atoms with van der Waals surface area (Å²) < 4.78 is 10.6. The van der Waals surface area contributed by atoms with E-state index in [1.165, 1.54) is 11.1 Å². The first-order valence-electron chi connectivity index (χ1n) is 8.00. The maximum Gasteiger partial charge on any atom is 0.224 e. The van der Waals surface area contributed by atoms with Crippen LogP contribution in [0.4, 0.5) is 5.69 Å². The van der Waals surface area contributed by atoms with E-state index in [-0.39, 0.29) is 5.91 Å². The van der Waals surface area contributed by atoms with E-state index in [4.69, 9.17) is 9.26 Å². The van der Waals surface area contributed by atoms with E-state index in [1.54, 1.807) is 7.11 Å². The van der Waals surface area contributed by atoms with Crippen LogP contribution in [0.15, 0.2) is 16.7 Å². The summed E-state index contributed by atoms with van der Waals surface area (Å²) in [4.78, 5) is 12.4. The highest BCUT2D eigenvalue weighted by atomic mass is 16.5. The normalized spacial score (nSPS) is 13.0. The predicted octanol–water partition coefficient (Wildman–Crippen LogP) is 3.36. The number of aromatic nitrogens is 1. The summed E-state index contributed by atoms with van der Waals surface area (Å²) in [7, 11) is 1.64. The van der Waals surface area contributed by atoms with Gasteiger partial charge in [-0.3, -0.25) is 4.79 Å². The number of aryl methyl sites for hydroxylation is 3. The fourth-order valence-electron chi connectivity index (χ4n) is 3.25. The van der Waals surface area contributed by atoms with Crippen LogP contribution in [-0.4, -0.2) is 18.2 Å². The van der Waals surface area contributed by atoms with Crippen LogP contribution in [0, 0.1) is 13.8 Å². The van der Waals surface area contributed by atoms with Crippen molar-refractivity contribution >= 4 is 11.6 Å². The van der Waals surface area contributed by atoms with Gasteiger partial charge in [0.1, 0.15) is 11.5 Å². The van der Waals surface area contributed by atoms with Crippen molar-refractivity contribution in [3.8, 4) is 5.75 Å². The first-order chi connectivity index (χ1) is 11.1. The number of hydrogen-bond acceptors (Lipinski definition) is 4. The van der Waals surface area contributed by atoms with E-state index in [0.29, 0.717) is 12.8 Å². The molecule has 0 bridgehead atoms. The summed E-state index contributed by atoms with van der Waals surface area (Å²) in [6, 6.07) is 4.04. The molecule has 0 spiro atoms. The van der Waals surface area contributed by atoms with E-state index >= 15 is 0 Å². The zero-order valence-electron chi connectivity index (χ0n) is 13.9. The average molecular weight is 314 g/mol. The zero-order valence-corrected chi connectivity index (χ0v) is 13.9. The van der Waals surface area contributed by atoms with E-state index in [9.17, 15) is 4.79 Å². The van der Waals surface area contributed by atoms with Crippen LogP contribution >= 0.6 is 0 Å². The molecule has 1 aliphatic rings. The molecular weight excluding hydrogens is 292 g/mol. The molecule has 5 heteroatoms. The minimum atomic E-state index is -0.0106. The number of anilines is 1. The largest absolute Gasteiger partial charge is 0.495 e. The van der Waals surface area contributed by atoms with Gasteiger partial charge >= 0.3 is 0 Å². The van der Waals surface area contributed by atoms with Crippen molar-refractivity contribution in [2.24, 2.45) is 0 Å². The number of ether oxygens (including phenoxy) is 1. The third-order valence-electron chi connectivity index (χ3n) is 4.51. The Labute approximate surface area is 136 Å². The molecule has 3 rings (SSSR count). The molecule has 1 aliphatic carbocycles. The molecule has 5 nitrogen and oxygen atoms in total. The number of carbonyl (C=O) groups excluding carboxylic acids is 1. The molecule has 0 saturated heterocycles. The molecule has 0 saturated carbocycles. The van der Waals surface area contributed by atoms with Gasteiger partial charge in [-0.1, -0.05) is 11.2 Å². The average Bonchev–Trinajstić information content (AvgIpc) is 3.13. The molecule has 0 unspecified atom stereocenters. The molecule has 0 atom stereocenters. The second kappa shape index (κ2) is 6.44. The van der Waals surface area contributed by atoms with Crippen LogP contribution in [-0.2, 0) is 24.1 Å². The Morgan fingerprint density at radius 1 is 1.35 bits per heavy atom. The number of nitrogens with one attached hydrogen (secondary N) is 1. The standard InChI is InChI=1S/C18H22N2O3/c1-11-14(12(2)23-20-11)8-10-17(21)19-18-15-6-4-5-13(15)7-9-16(18)22-3/h7,9H,4-6,8,10H2,1-3H3,(H,19,21). The predicted molar refractivity (Wildman–Crippen MR) is 87.9 cm³/mol. The summed E-state index contributed by atoms with van der Waals surface area (Å²) in [5.74, 6) is 1.51. The number of benzene rings is 1. The van der Waals surface area contributed by atoms with E-state index in [1.807, 2.05) is 19.9 Å². The zero-order chi connectivity index (χ0) is 16.4. The Morgan fingerprint density at radius 3 is 2.87 bits per heavy atom. The molecule has 1 amide bonds. The third kappa shape index (κ3) is 3.09. The molecule has 0 fully saturated rings. The number of methoxy groups -OCH3 is 1. The number of rotatable bonds is 5. The van der Waals surface area contributed by atoms with Gasteiger partial charge in [0.25, 0.3) is 0 Å². The SMILES string of the molecule is COc1ccc2c(c1NC(=O)CCc1c(C)noc1C)CCC2. The van der Waals surface area contributed by atoms with Crippen LogP contribution in [0.3, 0.4) is 0 Å². The first kappa shape index (κ1) is 15.6. The summed E-state index contributed by atoms with van der Waals surface area (Å²) in [6.07, 6.45) is 4.22. The van der Waals surface area contributed by atoms with Gasteiger partial charge in [0, 0.05) is 12.0 Å². The maximum atomic E-state index is 12.4. The number of carbonyl (C=O) groups is 1. The van der Waals surface area contributed by atoms with Crippen molar-refractivity contribution < 1.29 is 14.1 Å². The van der Waals surface area contributed by atoms with Crippen LogP contribution in [0.25, 0.3) is 0 Å². The molecule has 1 heterocycles. The highest BCUT2D eigenvalue weighted by Gasteiger charge is 2.20. The van der Waals surface area contributed by atoms with Gasteiger partial charge in [-0.2, -0.15) is 0 Å². The lowest BCUT2D eigenvalue weighted by Crippen LogP contribution is -2.15. The van der Waals surface area contributed by atoms with E-state index in [2.05, 4.69) is 16.5 Å². The van der Waals surface area contributed by atoms with Gasteiger partial charge in [-0.25, -0.2) is 0 Å². The van der Waals surface area contributed by atoms with Gasteiger partial charge in [-0.15, -0.1) is 0 Å². The summed E-state index contributed by atoms with van der Waals surface area (Å²) in [6.45, 7) is 3.77. The van der Waals surface area contributed by atoms with E-state index in [0.717, 1.165) is 47.7 Å². The van der Waals surface area contributed by atoms with Crippen LogP contribution < -0.4 is 10.1 Å². The minimum Gasteiger partial charge on any atom is -0.495 e. The highest BCUT2D eigenvalue weighted by molar-refractivity contribution is 5.93. The summed E-state index contributed by atoms with van der Waals surface area (Å²) in [5.41, 5.74) is 5.24. The van der Waals surface area contributed by atoms with Crippen LogP contribution in [0.5, 0.6) is 5.75 Å². The number of fused-ring (bicyclic) bond motifs is 1. The highest BCUT2D eigenvalue weighted by Crippen LogP contribution is 2.36. The maximum absolute atomic E-state index is 12.4. The van der Waals surface area contributed by atoms with E-state index < -0.39 is 0 Å². The van der Waals surface area contributed by atoms with Crippen LogP contribution in [0.2, 0.25) is 0 Å². The van der Waals surface area contributed by atoms with Crippen molar-refractivity contribution in [3.05, 3.63) is 40.3 Å². The summed E-state index contributed by atoms with van der Waals surface area (Å²) in [5, 5.41) is 6.97. The van der Waals surface area contributed by atoms with Crippen molar-refractivity contribution in [2.45, 2.75) is 46.0 Å². The molecule has 0 aliphatic heterocycles. The second-order valence-electron chi connectivity index (χ2n) is 5.98. The Hall–Kier alpha value is -2.30. The lowest BCUT2D eigenvalue weighted by Gasteiger charge is -2.14. The molecule has 0 radical (unpaired) electrons. The lowest BCUT2D eigenvalue weighted by atomic mass is 10.1. The molecule has 122 valence electrons. The van der Waals surface area contributed by atoms with Gasteiger partial charge in [-0.05, 0) is 56.7 Å². The molecule has 1 aromatic heterocycles. The first-order valence-corrected chi connectivity index (χ1v) is 8.00. The van der Waals surface area contributed by atoms with Gasteiger partial charge in [0.15, 0.2) is 0 Å². The Morgan fingerprint density at radius 2 is 2.17 bits per heavy atom. The van der Waals surface area contributed by atoms with Crippen molar-refractivity contribution in [3.63, 3.8) is 0 Å². The molecule has 1 N–H and O–H groups in total. The smallest absolute Gasteiger partial charge is 0.224 e. The Balaban J connectivity index is 1.72. The van der Waals surface area contributed by atoms with Gasteiger partial charge in [0.2, 0.25) is 5.91 Å². The topological polar surface area (TPSA) is 64.4 Å². The molecule has 1 aromatic carbocycles. The quantitative estimate of drug-likeness (QED) is 0.919. The second-order valence-corrected chi connectivity index (χ2v) is 5.98. The number of hydrogen-bond donors (Lipinski definition) is 1. The van der Waals surface area contributed by atoms with Gasteiger partial charge in [0.05, 0.1) is 18.5 Å². The number of nitrogens with zero attached hydrogens (tertiary/aromatic N) is 1. The van der Waals surface area contributed by atoms with Gasteiger partial charge < -0.3 is 14.6 Å². The molecule has 23 heavy (non-hydrogen) atoms. The number of amides is 1. The monoisotopic (exact) mass is 314 g/mol. The Kier molecular flexibility index (Phi) is 4.37. The Bertz CT molecular complexity index is 715. The minimum absolute atomic E-state index is 0.0106. The van der Waals surface area contributed by atoms with Crippen molar-refractivity contribution in [1.29, 1.82) is 0 Å². The fraction of sp³-hybridized carbons (Fsp3) is 0.444. The third-order valence-corrected chi connectivity index (χ3v) is 4.51. The lowest BCUT2D eigenvalue weighted by molar-refractivity contribution is -0.116. The summed E-state index contributed by atoms with van der Waals surface area (Å²) >= 11 is 0. The fourth-order valence-corrected chi connectivity index (χ4v) is 3.25. The van der Waals surface area contributed by atoms with Crippen molar-refractivity contribution in [2.75, 3.05) is 12.4 Å². The van der Waals surface area contributed by atoms with Crippen molar-refractivity contribution in [1.82, 2.24) is 5.16 Å². The molecule has 2 aromatic rings.